The Labute approximate surface area is 83.1 Å². The van der Waals surface area contributed by atoms with Gasteiger partial charge >= 0.3 is 0 Å². The Morgan fingerprint density at radius 2 is 2.36 bits per heavy atom. The van der Waals surface area contributed by atoms with E-state index in [2.05, 4.69) is 27.3 Å². The van der Waals surface area contributed by atoms with Crippen LogP contribution in [-0.4, -0.2) is 41.8 Å². The molecule has 0 aliphatic heterocycles. The molecule has 2 N–H and O–H groups in total. The van der Waals surface area contributed by atoms with E-state index in [1.54, 1.807) is 6.20 Å². The third-order valence-corrected chi connectivity index (χ3v) is 2.15. The Kier molecular flexibility index (Phi) is 3.64. The minimum atomic E-state index is -0.187. The predicted molar refractivity (Wildman–Crippen MR) is 56.5 cm³/mol. The van der Waals surface area contributed by atoms with E-state index in [1.165, 1.54) is 6.07 Å². The molecule has 1 aromatic heterocycles. The van der Waals surface area contributed by atoms with Crippen LogP contribution in [0.15, 0.2) is 17.1 Å². The number of aromatic amines is 1. The molecule has 1 atom stereocenters. The highest BCUT2D eigenvalue weighted by atomic mass is 16.1. The Bertz CT molecular complexity index is 334. The zero-order valence-corrected chi connectivity index (χ0v) is 8.74. The van der Waals surface area contributed by atoms with Crippen molar-refractivity contribution in [3.05, 3.63) is 22.6 Å². The highest BCUT2D eigenvalue weighted by Gasteiger charge is 2.03. The average Bonchev–Trinajstić information content (AvgIpc) is 2.14. The van der Waals surface area contributed by atoms with Crippen molar-refractivity contribution < 1.29 is 0 Å². The van der Waals surface area contributed by atoms with Gasteiger partial charge in [-0.3, -0.25) is 4.79 Å². The van der Waals surface area contributed by atoms with Crippen molar-refractivity contribution in [3.8, 4) is 0 Å². The van der Waals surface area contributed by atoms with E-state index in [-0.39, 0.29) is 5.56 Å². The molecule has 1 aromatic rings. The lowest BCUT2D eigenvalue weighted by atomic mass is 10.3. The summed E-state index contributed by atoms with van der Waals surface area (Å²) in [5.74, 6) is 0. The molecule has 1 heterocycles. The van der Waals surface area contributed by atoms with Gasteiger partial charge < -0.3 is 10.2 Å². The van der Waals surface area contributed by atoms with Gasteiger partial charge in [-0.05, 0) is 21.0 Å². The molecule has 0 spiro atoms. The number of aromatic nitrogens is 2. The van der Waals surface area contributed by atoms with Crippen LogP contribution in [0.5, 0.6) is 0 Å². The molecule has 0 amide bonds. The maximum atomic E-state index is 10.9. The van der Waals surface area contributed by atoms with Gasteiger partial charge in [-0.25, -0.2) is 5.10 Å². The van der Waals surface area contributed by atoms with Gasteiger partial charge in [-0.2, -0.15) is 5.10 Å². The van der Waals surface area contributed by atoms with E-state index in [0.717, 1.165) is 12.2 Å². The fourth-order valence-corrected chi connectivity index (χ4v) is 0.921. The summed E-state index contributed by atoms with van der Waals surface area (Å²) in [7, 11) is 4.03. The van der Waals surface area contributed by atoms with Gasteiger partial charge in [0.1, 0.15) is 0 Å². The molecule has 1 rings (SSSR count). The molecule has 0 radical (unpaired) electrons. The summed E-state index contributed by atoms with van der Waals surface area (Å²) in [4.78, 5) is 13.0. The minimum absolute atomic E-state index is 0.187. The highest BCUT2D eigenvalue weighted by Crippen LogP contribution is 2.00. The summed E-state index contributed by atoms with van der Waals surface area (Å²) < 4.78 is 0. The fourth-order valence-electron chi connectivity index (χ4n) is 0.921. The van der Waals surface area contributed by atoms with Crippen LogP contribution in [0, 0.1) is 0 Å². The van der Waals surface area contributed by atoms with Crippen LogP contribution in [0.2, 0.25) is 0 Å². The third-order valence-electron chi connectivity index (χ3n) is 2.15. The van der Waals surface area contributed by atoms with Gasteiger partial charge in [0.15, 0.2) is 0 Å². The van der Waals surface area contributed by atoms with E-state index < -0.39 is 0 Å². The van der Waals surface area contributed by atoms with Gasteiger partial charge in [-0.15, -0.1) is 0 Å². The van der Waals surface area contributed by atoms with Gasteiger partial charge in [0.25, 0.3) is 5.56 Å². The van der Waals surface area contributed by atoms with Crippen molar-refractivity contribution in [2.45, 2.75) is 13.0 Å². The summed E-state index contributed by atoms with van der Waals surface area (Å²) in [6.07, 6.45) is 1.60. The maximum absolute atomic E-state index is 10.9. The van der Waals surface area contributed by atoms with E-state index >= 15 is 0 Å². The summed E-state index contributed by atoms with van der Waals surface area (Å²) in [5.41, 5.74) is 0.565. The van der Waals surface area contributed by atoms with Crippen molar-refractivity contribution in [2.24, 2.45) is 0 Å². The van der Waals surface area contributed by atoms with Crippen molar-refractivity contribution in [1.29, 1.82) is 0 Å². The van der Waals surface area contributed by atoms with Crippen LogP contribution < -0.4 is 10.9 Å². The van der Waals surface area contributed by atoms with E-state index in [1.807, 2.05) is 14.1 Å². The van der Waals surface area contributed by atoms with Crippen LogP contribution >= 0.6 is 0 Å². The molecule has 0 saturated carbocycles. The lowest BCUT2D eigenvalue weighted by molar-refractivity contribution is 0.326. The normalized spacial score (nSPS) is 12.9. The number of likely N-dealkylation sites (N-methyl/N-ethyl adjacent to an activating group) is 1. The number of hydrogen-bond acceptors (Lipinski definition) is 4. The number of anilines is 1. The first-order valence-electron chi connectivity index (χ1n) is 4.54. The van der Waals surface area contributed by atoms with Crippen LogP contribution in [-0.2, 0) is 0 Å². The summed E-state index contributed by atoms with van der Waals surface area (Å²) >= 11 is 0. The Morgan fingerprint density at radius 1 is 1.64 bits per heavy atom. The van der Waals surface area contributed by atoms with Gasteiger partial charge in [0.05, 0.1) is 11.9 Å². The van der Waals surface area contributed by atoms with Crippen LogP contribution in [0.4, 0.5) is 5.69 Å². The molecule has 1 unspecified atom stereocenters. The van der Waals surface area contributed by atoms with Crippen molar-refractivity contribution >= 4 is 5.69 Å². The molecule has 0 bridgehead atoms. The molecule has 0 fully saturated rings. The van der Waals surface area contributed by atoms with Crippen molar-refractivity contribution in [1.82, 2.24) is 15.1 Å². The Hall–Kier alpha value is -1.36. The van der Waals surface area contributed by atoms with Crippen molar-refractivity contribution in [3.63, 3.8) is 0 Å². The van der Waals surface area contributed by atoms with Crippen molar-refractivity contribution in [2.75, 3.05) is 26.0 Å². The smallest absolute Gasteiger partial charge is 0.266 e. The monoisotopic (exact) mass is 196 g/mol. The topological polar surface area (TPSA) is 61.0 Å². The Balaban J connectivity index is 2.50. The summed E-state index contributed by atoms with van der Waals surface area (Å²) in [6, 6.07) is 1.91. The van der Waals surface area contributed by atoms with Gasteiger partial charge in [0, 0.05) is 18.7 Å². The zero-order valence-electron chi connectivity index (χ0n) is 8.74. The summed E-state index contributed by atoms with van der Waals surface area (Å²) in [5, 5.41) is 9.16. The molecule has 0 aromatic carbocycles. The standard InChI is InChI=1S/C9H16N4O/c1-7(13(2)3)5-10-8-4-9(14)12-11-6-8/h4,6-7H,5H2,1-3H3,(H2,10,12,14). The quantitative estimate of drug-likeness (QED) is 0.718. The van der Waals surface area contributed by atoms with Crippen LogP contribution in [0.25, 0.3) is 0 Å². The molecule has 5 heteroatoms. The van der Waals surface area contributed by atoms with Gasteiger partial charge in [-0.1, -0.05) is 0 Å². The lowest BCUT2D eigenvalue weighted by Gasteiger charge is -2.20. The second-order valence-electron chi connectivity index (χ2n) is 3.53. The molecule has 78 valence electrons. The first-order valence-corrected chi connectivity index (χ1v) is 4.54. The molecular formula is C9H16N4O. The largest absolute Gasteiger partial charge is 0.382 e. The van der Waals surface area contributed by atoms with E-state index in [9.17, 15) is 4.79 Å². The SMILES string of the molecule is CC(CNc1cn[nH]c(=O)c1)N(C)C. The number of nitrogens with zero attached hydrogens (tertiary/aromatic N) is 2. The predicted octanol–water partition coefficient (Wildman–Crippen LogP) is 0.132. The lowest BCUT2D eigenvalue weighted by Crippen LogP contribution is -2.31. The maximum Gasteiger partial charge on any atom is 0.266 e. The number of H-pyrrole nitrogens is 1. The molecule has 0 saturated heterocycles. The second-order valence-corrected chi connectivity index (χ2v) is 3.53. The second kappa shape index (κ2) is 4.76. The fraction of sp³-hybridized carbons (Fsp3) is 0.556. The molecule has 14 heavy (non-hydrogen) atoms. The molecule has 0 aliphatic rings. The van der Waals surface area contributed by atoms with Crippen LogP contribution in [0.1, 0.15) is 6.92 Å². The van der Waals surface area contributed by atoms with Crippen LogP contribution in [0.3, 0.4) is 0 Å². The van der Waals surface area contributed by atoms with E-state index in [4.69, 9.17) is 0 Å². The zero-order chi connectivity index (χ0) is 10.6. The number of hydrogen-bond donors (Lipinski definition) is 2. The third kappa shape index (κ3) is 3.18. The highest BCUT2D eigenvalue weighted by molar-refractivity contribution is 5.38. The average molecular weight is 196 g/mol. The molecule has 5 nitrogen and oxygen atoms in total. The molecule has 0 aliphatic carbocycles. The van der Waals surface area contributed by atoms with Gasteiger partial charge in [0.2, 0.25) is 0 Å². The number of nitrogens with one attached hydrogen (secondary N) is 2. The summed E-state index contributed by atoms with van der Waals surface area (Å²) in [6.45, 7) is 2.89. The molecular weight excluding hydrogens is 180 g/mol. The number of rotatable bonds is 4. The first kappa shape index (κ1) is 10.7. The van der Waals surface area contributed by atoms with E-state index in [0.29, 0.717) is 6.04 Å². The minimum Gasteiger partial charge on any atom is -0.382 e. The Morgan fingerprint density at radius 3 is 2.93 bits per heavy atom. The first-order chi connectivity index (χ1) is 6.59.